The van der Waals surface area contributed by atoms with Gasteiger partial charge in [-0.1, -0.05) is 11.6 Å². The third-order valence-electron chi connectivity index (χ3n) is 10.7. The topological polar surface area (TPSA) is 77.2 Å². The highest BCUT2D eigenvalue weighted by Crippen LogP contribution is 2.85. The van der Waals surface area contributed by atoms with Gasteiger partial charge in [0.25, 0.3) is 0 Å². The Morgan fingerprint density at radius 2 is 2.00 bits per heavy atom. The zero-order valence-electron chi connectivity index (χ0n) is 18.0. The molecule has 6 aliphatic carbocycles. The van der Waals surface area contributed by atoms with E-state index >= 15 is 0 Å². The molecule has 10 unspecified atom stereocenters. The molecule has 8 rings (SSSR count). The van der Waals surface area contributed by atoms with Gasteiger partial charge in [-0.15, -0.1) is 0 Å². The quantitative estimate of drug-likeness (QED) is 0.619. The molecule has 0 radical (unpaired) electrons. The van der Waals surface area contributed by atoms with Crippen molar-refractivity contribution in [2.24, 2.45) is 47.3 Å². The summed E-state index contributed by atoms with van der Waals surface area (Å²) in [6.45, 7) is 2.57. The average molecular weight is 418 g/mol. The largest absolute Gasteiger partial charge is 0.387 e. The van der Waals surface area contributed by atoms with Gasteiger partial charge in [0.1, 0.15) is 0 Å². The number of aryl methyl sites for hydroxylation is 2. The van der Waals surface area contributed by atoms with E-state index in [-0.39, 0.29) is 12.1 Å². The van der Waals surface area contributed by atoms with Crippen molar-refractivity contribution in [2.75, 3.05) is 6.54 Å². The molecule has 162 valence electrons. The maximum Gasteiger partial charge on any atom is 0.315 e. The Bertz CT molecular complexity index is 1130. The van der Waals surface area contributed by atoms with E-state index < -0.39 is 5.60 Å². The SMILES string of the molecule is Cc1ccc2[nH]c3c(c2c1)CC(NC(=O)NCC1(O)C2C4CC5C6C4CC2C6C51)CC3. The van der Waals surface area contributed by atoms with Gasteiger partial charge >= 0.3 is 6.03 Å². The van der Waals surface area contributed by atoms with Gasteiger partial charge in [-0.3, -0.25) is 0 Å². The molecule has 1 aromatic carbocycles. The summed E-state index contributed by atoms with van der Waals surface area (Å²) >= 11 is 0. The molecule has 4 N–H and O–H groups in total. The molecule has 5 saturated carbocycles. The van der Waals surface area contributed by atoms with E-state index in [1.807, 2.05) is 0 Å². The van der Waals surface area contributed by atoms with Crippen molar-refractivity contribution in [3.63, 3.8) is 0 Å². The number of benzene rings is 1. The van der Waals surface area contributed by atoms with E-state index in [0.717, 1.165) is 54.8 Å². The molecule has 2 aromatic rings. The molecule has 5 heteroatoms. The van der Waals surface area contributed by atoms with Crippen LogP contribution in [0.2, 0.25) is 0 Å². The van der Waals surface area contributed by atoms with Gasteiger partial charge in [-0.05, 0) is 104 Å². The number of rotatable bonds is 3. The van der Waals surface area contributed by atoms with Crippen LogP contribution in [0.4, 0.5) is 4.79 Å². The van der Waals surface area contributed by atoms with Gasteiger partial charge in [0.05, 0.1) is 5.60 Å². The lowest BCUT2D eigenvalue weighted by Gasteiger charge is -2.51. The number of aromatic nitrogens is 1. The number of carbonyl (C=O) groups excluding carboxylic acids is 1. The third kappa shape index (κ3) is 1.97. The van der Waals surface area contributed by atoms with Gasteiger partial charge in [-0.25, -0.2) is 4.79 Å². The first-order valence-electron chi connectivity index (χ1n) is 12.4. The summed E-state index contributed by atoms with van der Waals surface area (Å²) in [6, 6.07) is 6.61. The summed E-state index contributed by atoms with van der Waals surface area (Å²) in [7, 11) is 0. The normalized spacial score (nSPS) is 47.1. The lowest BCUT2D eigenvalue weighted by molar-refractivity contribution is -0.126. The number of carbonyl (C=O) groups is 1. The maximum absolute atomic E-state index is 12.8. The molecule has 2 bridgehead atoms. The number of hydrogen-bond acceptors (Lipinski definition) is 2. The molecule has 31 heavy (non-hydrogen) atoms. The standard InChI is InChI=1S/C26H31N3O2/c1-11-2-4-19-13(6-11)14-7-12(3-5-20(14)29-19)28-25(30)27-10-26(31)23-16-9-17-21-15(16)8-18(23)22(21)24(17)26/h2,4,6,12,15-18,21-24,29,31H,3,5,7-10H2,1H3,(H2,27,28,30). The van der Waals surface area contributed by atoms with Crippen LogP contribution in [0.15, 0.2) is 18.2 Å². The van der Waals surface area contributed by atoms with Gasteiger partial charge in [0.2, 0.25) is 0 Å². The number of aliphatic hydroxyl groups is 1. The van der Waals surface area contributed by atoms with Gasteiger partial charge in [0.15, 0.2) is 0 Å². The Morgan fingerprint density at radius 1 is 1.16 bits per heavy atom. The summed E-state index contributed by atoms with van der Waals surface area (Å²) in [5.41, 5.74) is 4.51. The molecule has 5 nitrogen and oxygen atoms in total. The van der Waals surface area contributed by atoms with E-state index in [1.165, 1.54) is 40.6 Å². The Balaban J connectivity index is 0.964. The summed E-state index contributed by atoms with van der Waals surface area (Å²) in [4.78, 5) is 16.4. The van der Waals surface area contributed by atoms with Crippen LogP contribution in [-0.4, -0.2) is 34.3 Å². The molecule has 5 fully saturated rings. The van der Waals surface area contributed by atoms with Crippen LogP contribution in [0.25, 0.3) is 10.9 Å². The zero-order valence-corrected chi connectivity index (χ0v) is 18.0. The molecule has 10 atom stereocenters. The minimum Gasteiger partial charge on any atom is -0.387 e. The lowest BCUT2D eigenvalue weighted by Crippen LogP contribution is -2.60. The van der Waals surface area contributed by atoms with Crippen LogP contribution in [0.3, 0.4) is 0 Å². The Hall–Kier alpha value is -2.01. The molecule has 6 aliphatic rings. The fourth-order valence-electron chi connectivity index (χ4n) is 10.1. The fourth-order valence-corrected chi connectivity index (χ4v) is 10.1. The van der Waals surface area contributed by atoms with E-state index in [2.05, 4.69) is 40.7 Å². The van der Waals surface area contributed by atoms with Crippen LogP contribution < -0.4 is 10.6 Å². The number of fused-ring (bicyclic) bond motifs is 5. The highest BCUT2D eigenvalue weighted by atomic mass is 16.3. The summed E-state index contributed by atoms with van der Waals surface area (Å²) in [6.07, 6.45) is 5.53. The van der Waals surface area contributed by atoms with Crippen molar-refractivity contribution in [3.8, 4) is 0 Å². The highest BCUT2D eigenvalue weighted by molar-refractivity contribution is 5.86. The predicted octanol–water partition coefficient (Wildman–Crippen LogP) is 3.14. The first-order valence-corrected chi connectivity index (χ1v) is 12.4. The van der Waals surface area contributed by atoms with Gasteiger partial charge in [-0.2, -0.15) is 0 Å². The molecule has 1 aromatic heterocycles. The predicted molar refractivity (Wildman–Crippen MR) is 117 cm³/mol. The number of amides is 2. The number of nitrogens with one attached hydrogen (secondary N) is 3. The van der Waals surface area contributed by atoms with E-state index in [1.54, 1.807) is 0 Å². The van der Waals surface area contributed by atoms with Crippen molar-refractivity contribution < 1.29 is 9.90 Å². The van der Waals surface area contributed by atoms with Crippen molar-refractivity contribution >= 4 is 16.9 Å². The second-order valence-electron chi connectivity index (χ2n) is 11.7. The highest BCUT2D eigenvalue weighted by Gasteiger charge is 2.84. The van der Waals surface area contributed by atoms with Crippen LogP contribution >= 0.6 is 0 Å². The summed E-state index contributed by atoms with van der Waals surface area (Å²) in [5, 5.41) is 19.4. The number of urea groups is 1. The van der Waals surface area contributed by atoms with Gasteiger partial charge in [0, 0.05) is 29.2 Å². The number of hydrogen-bond donors (Lipinski definition) is 4. The number of H-pyrrole nitrogens is 1. The van der Waals surface area contributed by atoms with E-state index in [0.29, 0.717) is 18.4 Å². The Morgan fingerprint density at radius 3 is 2.90 bits per heavy atom. The molecular weight excluding hydrogens is 386 g/mol. The Labute approximate surface area is 182 Å². The van der Waals surface area contributed by atoms with Crippen molar-refractivity contribution in [2.45, 2.75) is 50.7 Å². The fraction of sp³-hybridized carbons (Fsp3) is 0.654. The molecule has 1 heterocycles. The molecular formula is C26H31N3O2. The van der Waals surface area contributed by atoms with Crippen molar-refractivity contribution in [1.29, 1.82) is 0 Å². The maximum atomic E-state index is 12.8. The first-order chi connectivity index (χ1) is 15.0. The van der Waals surface area contributed by atoms with Crippen molar-refractivity contribution in [1.82, 2.24) is 15.6 Å². The van der Waals surface area contributed by atoms with Crippen LogP contribution in [0.5, 0.6) is 0 Å². The zero-order chi connectivity index (χ0) is 20.6. The van der Waals surface area contributed by atoms with Crippen LogP contribution in [0, 0.1) is 54.3 Å². The average Bonchev–Trinajstić information content (AvgIpc) is 3.38. The molecule has 0 saturated heterocycles. The summed E-state index contributed by atoms with van der Waals surface area (Å²) in [5.74, 6) is 5.76. The molecule has 0 spiro atoms. The third-order valence-corrected chi connectivity index (χ3v) is 10.7. The monoisotopic (exact) mass is 417 g/mol. The first kappa shape index (κ1) is 17.5. The van der Waals surface area contributed by atoms with Crippen molar-refractivity contribution in [3.05, 3.63) is 35.0 Å². The molecule has 0 aliphatic heterocycles. The number of aromatic amines is 1. The van der Waals surface area contributed by atoms with Gasteiger partial charge < -0.3 is 20.7 Å². The summed E-state index contributed by atoms with van der Waals surface area (Å²) < 4.78 is 0. The van der Waals surface area contributed by atoms with E-state index in [4.69, 9.17) is 0 Å². The Kier molecular flexibility index (Phi) is 3.10. The minimum absolute atomic E-state index is 0.101. The molecule has 2 amide bonds. The minimum atomic E-state index is -0.643. The lowest BCUT2D eigenvalue weighted by atomic mass is 9.56. The van der Waals surface area contributed by atoms with E-state index in [9.17, 15) is 9.90 Å². The smallest absolute Gasteiger partial charge is 0.315 e. The second kappa shape index (κ2) is 5.48. The van der Waals surface area contributed by atoms with Crippen LogP contribution in [-0.2, 0) is 12.8 Å². The second-order valence-corrected chi connectivity index (χ2v) is 11.7. The van der Waals surface area contributed by atoms with Crippen LogP contribution in [0.1, 0.15) is 36.1 Å².